The molecule has 1 fully saturated rings. The lowest BCUT2D eigenvalue weighted by Gasteiger charge is -2.22. The van der Waals surface area contributed by atoms with E-state index in [9.17, 15) is 19.2 Å². The molecule has 8 nitrogen and oxygen atoms in total. The molecule has 3 amide bonds. The lowest BCUT2D eigenvalue weighted by Crippen LogP contribution is -2.46. The molecule has 0 aromatic heterocycles. The number of ketones is 1. The normalized spacial score (nSPS) is 15.5. The molecule has 1 saturated heterocycles. The number of methoxy groups -OCH3 is 1. The van der Waals surface area contributed by atoms with Gasteiger partial charge in [-0.2, -0.15) is 0 Å². The van der Waals surface area contributed by atoms with Gasteiger partial charge in [0.1, 0.15) is 17.8 Å². The molecule has 1 heterocycles. The first-order valence-corrected chi connectivity index (χ1v) is 9.23. The van der Waals surface area contributed by atoms with Crippen molar-refractivity contribution in [1.29, 1.82) is 0 Å². The Bertz CT molecular complexity index is 775. The third-order valence-electron chi connectivity index (χ3n) is 4.58. The van der Waals surface area contributed by atoms with E-state index in [2.05, 4.69) is 21.2 Å². The quantitative estimate of drug-likeness (QED) is 0.378. The summed E-state index contributed by atoms with van der Waals surface area (Å²) in [5, 5.41) is 2.63. The number of carbonyl (C=O) groups is 4. The molecular weight excluding hydrogens is 420 g/mol. The summed E-state index contributed by atoms with van der Waals surface area (Å²) in [6.45, 7) is 2.55. The van der Waals surface area contributed by atoms with Crippen LogP contribution in [-0.4, -0.2) is 54.4 Å². The van der Waals surface area contributed by atoms with Gasteiger partial charge < -0.3 is 14.8 Å². The van der Waals surface area contributed by atoms with Gasteiger partial charge in [-0.3, -0.25) is 19.3 Å². The van der Waals surface area contributed by atoms with Crippen molar-refractivity contribution in [3.05, 3.63) is 28.2 Å². The molecule has 1 aliphatic heterocycles. The Kier molecular flexibility index (Phi) is 6.59. The van der Waals surface area contributed by atoms with E-state index in [-0.39, 0.29) is 0 Å². The predicted octanol–water partition coefficient (Wildman–Crippen LogP) is 2.29. The molecule has 27 heavy (non-hydrogen) atoms. The predicted molar refractivity (Wildman–Crippen MR) is 99.5 cm³/mol. The van der Waals surface area contributed by atoms with Crippen molar-refractivity contribution in [2.45, 2.75) is 32.2 Å². The number of hydrogen-bond donors (Lipinski definition) is 1. The Morgan fingerprint density at radius 3 is 2.41 bits per heavy atom. The Labute approximate surface area is 165 Å². The third-order valence-corrected chi connectivity index (χ3v) is 5.20. The van der Waals surface area contributed by atoms with E-state index in [0.717, 1.165) is 4.90 Å². The molecule has 1 aromatic carbocycles. The van der Waals surface area contributed by atoms with Crippen LogP contribution in [0.3, 0.4) is 0 Å². The van der Waals surface area contributed by atoms with E-state index >= 15 is 0 Å². The van der Waals surface area contributed by atoms with Crippen LogP contribution in [0.1, 0.15) is 37.0 Å². The standard InChI is InChI=1S/C18H21BrN2O6/c1-4-18(5-2)16(24)21(17(25)20-18)9-15(23)27-10-13(22)11-6-7-14(26-3)12(19)8-11/h6-8H,4-5,9-10H2,1-3H3,(H,20,25). The average molecular weight is 441 g/mol. The highest BCUT2D eigenvalue weighted by Crippen LogP contribution is 2.26. The summed E-state index contributed by atoms with van der Waals surface area (Å²) >= 11 is 3.28. The van der Waals surface area contributed by atoms with Gasteiger partial charge in [0.2, 0.25) is 0 Å². The van der Waals surface area contributed by atoms with Gasteiger partial charge in [0.15, 0.2) is 12.4 Å². The SMILES string of the molecule is CCC1(CC)NC(=O)N(CC(=O)OCC(=O)c2ccc(OC)c(Br)c2)C1=O. The van der Waals surface area contributed by atoms with Crippen LogP contribution in [0.4, 0.5) is 4.79 Å². The lowest BCUT2D eigenvalue weighted by atomic mass is 9.93. The Hall–Kier alpha value is -2.42. The minimum atomic E-state index is -0.984. The third kappa shape index (κ3) is 4.29. The number of amides is 3. The van der Waals surface area contributed by atoms with E-state index in [0.29, 0.717) is 28.6 Å². The van der Waals surface area contributed by atoms with Crippen molar-refractivity contribution >= 4 is 39.6 Å². The Balaban J connectivity index is 1.94. The number of ether oxygens (including phenoxy) is 2. The maximum Gasteiger partial charge on any atom is 0.326 e. The van der Waals surface area contributed by atoms with Crippen LogP contribution in [0.2, 0.25) is 0 Å². The number of urea groups is 1. The number of esters is 1. The van der Waals surface area contributed by atoms with Crippen LogP contribution >= 0.6 is 15.9 Å². The van der Waals surface area contributed by atoms with Gasteiger partial charge in [0.05, 0.1) is 11.6 Å². The van der Waals surface area contributed by atoms with Crippen molar-refractivity contribution in [2.24, 2.45) is 0 Å². The largest absolute Gasteiger partial charge is 0.496 e. The second-order valence-corrected chi connectivity index (χ2v) is 6.90. The molecule has 2 rings (SSSR count). The molecule has 9 heteroatoms. The first-order valence-electron chi connectivity index (χ1n) is 8.44. The number of hydrogen-bond acceptors (Lipinski definition) is 6. The maximum atomic E-state index is 12.4. The van der Waals surface area contributed by atoms with Gasteiger partial charge in [0.25, 0.3) is 5.91 Å². The zero-order chi connectivity index (χ0) is 20.2. The lowest BCUT2D eigenvalue weighted by molar-refractivity contribution is -0.146. The summed E-state index contributed by atoms with van der Waals surface area (Å²) in [7, 11) is 1.50. The number of benzene rings is 1. The van der Waals surface area contributed by atoms with Crippen LogP contribution < -0.4 is 10.1 Å². The van der Waals surface area contributed by atoms with E-state index in [1.54, 1.807) is 32.0 Å². The molecule has 0 unspecified atom stereocenters. The first-order chi connectivity index (χ1) is 12.8. The number of carbonyl (C=O) groups excluding carboxylic acids is 4. The van der Waals surface area contributed by atoms with E-state index < -0.39 is 42.4 Å². The van der Waals surface area contributed by atoms with E-state index in [1.165, 1.54) is 7.11 Å². The van der Waals surface area contributed by atoms with Crippen molar-refractivity contribution < 1.29 is 28.7 Å². The van der Waals surface area contributed by atoms with Crippen molar-refractivity contribution in [3.8, 4) is 5.75 Å². The fourth-order valence-electron chi connectivity index (χ4n) is 2.79. The van der Waals surface area contributed by atoms with Crippen LogP contribution in [0.5, 0.6) is 5.75 Å². The second-order valence-electron chi connectivity index (χ2n) is 6.04. The van der Waals surface area contributed by atoms with Crippen molar-refractivity contribution in [3.63, 3.8) is 0 Å². The fraction of sp³-hybridized carbons (Fsp3) is 0.444. The summed E-state index contributed by atoms with van der Waals surface area (Å²) in [5.74, 6) is -1.14. The van der Waals surface area contributed by atoms with Gasteiger partial charge in [0, 0.05) is 5.56 Å². The molecule has 0 aliphatic carbocycles. The smallest absolute Gasteiger partial charge is 0.326 e. The number of Topliss-reactive ketones (excluding diaryl/α,β-unsaturated/α-hetero) is 1. The van der Waals surface area contributed by atoms with Crippen LogP contribution in [0.15, 0.2) is 22.7 Å². The topological polar surface area (TPSA) is 102 Å². The average Bonchev–Trinajstić information content (AvgIpc) is 2.90. The molecule has 0 spiro atoms. The number of nitrogens with zero attached hydrogens (tertiary/aromatic N) is 1. The van der Waals surface area contributed by atoms with Crippen molar-refractivity contribution in [2.75, 3.05) is 20.3 Å². The molecule has 1 aliphatic rings. The van der Waals surface area contributed by atoms with Crippen LogP contribution in [0.25, 0.3) is 0 Å². The molecule has 146 valence electrons. The van der Waals surface area contributed by atoms with Crippen LogP contribution in [0, 0.1) is 0 Å². The van der Waals surface area contributed by atoms with Gasteiger partial charge in [-0.05, 0) is 47.0 Å². The molecule has 1 aromatic rings. The number of imide groups is 1. The van der Waals surface area contributed by atoms with Gasteiger partial charge in [-0.1, -0.05) is 13.8 Å². The molecule has 0 radical (unpaired) electrons. The monoisotopic (exact) mass is 440 g/mol. The first kappa shape index (κ1) is 20.9. The highest BCUT2D eigenvalue weighted by molar-refractivity contribution is 9.10. The Morgan fingerprint density at radius 2 is 1.89 bits per heavy atom. The summed E-state index contributed by atoms with van der Waals surface area (Å²) in [6.07, 6.45) is 0.842. The molecule has 0 saturated carbocycles. The minimum absolute atomic E-state index is 0.335. The minimum Gasteiger partial charge on any atom is -0.496 e. The summed E-state index contributed by atoms with van der Waals surface area (Å²) in [6, 6.07) is 4.09. The van der Waals surface area contributed by atoms with E-state index in [4.69, 9.17) is 9.47 Å². The highest BCUT2D eigenvalue weighted by atomic mass is 79.9. The highest BCUT2D eigenvalue weighted by Gasteiger charge is 2.49. The van der Waals surface area contributed by atoms with Gasteiger partial charge in [-0.15, -0.1) is 0 Å². The maximum absolute atomic E-state index is 12.4. The zero-order valence-corrected chi connectivity index (χ0v) is 16.9. The Morgan fingerprint density at radius 1 is 1.22 bits per heavy atom. The molecular formula is C18H21BrN2O6. The zero-order valence-electron chi connectivity index (χ0n) is 15.3. The van der Waals surface area contributed by atoms with Gasteiger partial charge >= 0.3 is 12.0 Å². The molecule has 0 bridgehead atoms. The van der Waals surface area contributed by atoms with Gasteiger partial charge in [-0.25, -0.2) is 4.79 Å². The van der Waals surface area contributed by atoms with Crippen molar-refractivity contribution in [1.82, 2.24) is 10.2 Å². The fourth-order valence-corrected chi connectivity index (χ4v) is 3.33. The van der Waals surface area contributed by atoms with Crippen LogP contribution in [-0.2, 0) is 14.3 Å². The molecule has 0 atom stereocenters. The summed E-state index contributed by atoms with van der Waals surface area (Å²) < 4.78 is 10.6. The number of rotatable bonds is 8. The second kappa shape index (κ2) is 8.51. The number of nitrogens with one attached hydrogen (secondary N) is 1. The molecule has 1 N–H and O–H groups in total. The summed E-state index contributed by atoms with van der Waals surface area (Å²) in [5.41, 5.74) is -0.649. The van der Waals surface area contributed by atoms with E-state index in [1.807, 2.05) is 0 Å². The summed E-state index contributed by atoms with van der Waals surface area (Å²) in [4.78, 5) is 49.4. The number of halogens is 1.